The van der Waals surface area contributed by atoms with E-state index in [-0.39, 0.29) is 35.4 Å². The predicted molar refractivity (Wildman–Crippen MR) is 124 cm³/mol. The molecule has 35 heavy (non-hydrogen) atoms. The Morgan fingerprint density at radius 1 is 1.09 bits per heavy atom. The minimum absolute atomic E-state index is 0.0708. The average molecular weight is 482 g/mol. The molecule has 1 aliphatic carbocycles. The van der Waals surface area contributed by atoms with Gasteiger partial charge in [-0.25, -0.2) is 0 Å². The summed E-state index contributed by atoms with van der Waals surface area (Å²) in [6.45, 7) is 2.11. The maximum absolute atomic E-state index is 14.0. The van der Waals surface area contributed by atoms with Crippen molar-refractivity contribution in [2.45, 2.75) is 50.4 Å². The topological polar surface area (TPSA) is 54.3 Å². The molecule has 2 atom stereocenters. The van der Waals surface area contributed by atoms with Crippen molar-refractivity contribution in [1.82, 2.24) is 19.7 Å². The van der Waals surface area contributed by atoms with Crippen LogP contribution in [0.5, 0.6) is 0 Å². The van der Waals surface area contributed by atoms with Gasteiger partial charge in [-0.15, -0.1) is 10.2 Å². The van der Waals surface area contributed by atoms with E-state index in [4.69, 9.17) is 0 Å². The summed E-state index contributed by atoms with van der Waals surface area (Å²) in [5.74, 6) is 1.07. The van der Waals surface area contributed by atoms with Crippen LogP contribution < -0.4 is 4.90 Å². The van der Waals surface area contributed by atoms with E-state index in [2.05, 4.69) is 15.1 Å². The second-order valence-corrected chi connectivity index (χ2v) is 9.89. The molecule has 2 fully saturated rings. The summed E-state index contributed by atoms with van der Waals surface area (Å²) in [4.78, 5) is 17.0. The van der Waals surface area contributed by atoms with Crippen molar-refractivity contribution in [3.63, 3.8) is 0 Å². The molecule has 2 aliphatic heterocycles. The normalized spacial score (nSPS) is 22.2. The number of likely N-dealkylation sites (tertiary alicyclic amines) is 1. The molecule has 0 radical (unpaired) electrons. The van der Waals surface area contributed by atoms with Crippen LogP contribution >= 0.6 is 0 Å². The van der Waals surface area contributed by atoms with Crippen LogP contribution in [0.2, 0.25) is 0 Å². The van der Waals surface area contributed by atoms with Gasteiger partial charge in [-0.3, -0.25) is 9.69 Å². The van der Waals surface area contributed by atoms with Crippen molar-refractivity contribution in [3.05, 3.63) is 76.4 Å². The predicted octanol–water partition coefficient (Wildman–Crippen LogP) is 4.86. The molecule has 0 bridgehead atoms. The zero-order valence-corrected chi connectivity index (χ0v) is 19.4. The molecule has 6 nitrogen and oxygen atoms in total. The Bertz CT molecular complexity index is 1290. The minimum atomic E-state index is -4.51. The molecule has 1 saturated heterocycles. The van der Waals surface area contributed by atoms with Crippen molar-refractivity contribution in [3.8, 4) is 0 Å². The number of hydrogen-bond donors (Lipinski definition) is 0. The van der Waals surface area contributed by atoms with Crippen LogP contribution in [0.3, 0.4) is 0 Å². The van der Waals surface area contributed by atoms with E-state index in [0.717, 1.165) is 43.7 Å². The Balaban J connectivity index is 1.29. The molecular weight excluding hydrogens is 455 g/mol. The van der Waals surface area contributed by atoms with Crippen LogP contribution in [0.4, 0.5) is 18.9 Å². The minimum Gasteiger partial charge on any atom is -0.320 e. The molecule has 2 aromatic carbocycles. The van der Waals surface area contributed by atoms with Gasteiger partial charge in [-0.2, -0.15) is 13.2 Å². The molecule has 0 spiro atoms. The van der Waals surface area contributed by atoms with Crippen molar-refractivity contribution in [2.75, 3.05) is 18.0 Å². The summed E-state index contributed by atoms with van der Waals surface area (Å²) in [5, 5.41) is 8.17. The summed E-state index contributed by atoms with van der Waals surface area (Å²) in [6, 6.07) is 10.5. The standard InChI is InChI=1S/C26H26F3N5O/c1-32-15-30-31-24(32)20-12-19(20)17-5-4-6-18(11-17)34-14-22-21(25(34)35)9-16(10-23(22)26(27,28)29)13-33-7-2-3-8-33/h4-6,9-11,15,19-20H,2-3,7-8,12-14H2,1H3. The van der Waals surface area contributed by atoms with Crippen LogP contribution in [0, 0.1) is 0 Å². The fourth-order valence-corrected chi connectivity index (χ4v) is 5.62. The number of anilines is 1. The largest absolute Gasteiger partial charge is 0.416 e. The molecule has 1 aromatic heterocycles. The van der Waals surface area contributed by atoms with Gasteiger partial charge >= 0.3 is 6.18 Å². The summed E-state index contributed by atoms with van der Waals surface area (Å²) >= 11 is 0. The lowest BCUT2D eigenvalue weighted by Crippen LogP contribution is -2.23. The number of carbonyl (C=O) groups excluding carboxylic acids is 1. The molecule has 3 aliphatic rings. The Labute approximate surface area is 201 Å². The van der Waals surface area contributed by atoms with E-state index in [1.807, 2.05) is 29.8 Å². The van der Waals surface area contributed by atoms with Gasteiger partial charge in [-0.05, 0) is 79.2 Å². The van der Waals surface area contributed by atoms with Gasteiger partial charge in [0.15, 0.2) is 0 Å². The Hall–Kier alpha value is -3.20. The van der Waals surface area contributed by atoms with E-state index in [1.54, 1.807) is 18.5 Å². The molecule has 1 amide bonds. The highest BCUT2D eigenvalue weighted by molar-refractivity contribution is 6.10. The molecule has 2 unspecified atom stereocenters. The number of amides is 1. The summed E-state index contributed by atoms with van der Waals surface area (Å²) in [5.41, 5.74) is 1.78. The lowest BCUT2D eigenvalue weighted by molar-refractivity contribution is -0.138. The van der Waals surface area contributed by atoms with Crippen molar-refractivity contribution in [2.24, 2.45) is 7.05 Å². The van der Waals surface area contributed by atoms with Crippen LogP contribution in [0.25, 0.3) is 0 Å². The monoisotopic (exact) mass is 481 g/mol. The zero-order valence-electron chi connectivity index (χ0n) is 19.4. The number of nitrogens with zero attached hydrogens (tertiary/aromatic N) is 5. The molecule has 9 heteroatoms. The number of rotatable bonds is 5. The van der Waals surface area contributed by atoms with Gasteiger partial charge in [0.25, 0.3) is 5.91 Å². The molecule has 0 N–H and O–H groups in total. The first-order valence-corrected chi connectivity index (χ1v) is 12.0. The third-order valence-corrected chi connectivity index (χ3v) is 7.49. The summed E-state index contributed by atoms with van der Waals surface area (Å²) < 4.78 is 44.0. The molecule has 182 valence electrons. The first kappa shape index (κ1) is 22.3. The van der Waals surface area contributed by atoms with Gasteiger partial charge < -0.3 is 9.47 Å². The number of carbonyl (C=O) groups is 1. The third-order valence-electron chi connectivity index (χ3n) is 7.49. The lowest BCUT2D eigenvalue weighted by atomic mass is 9.98. The van der Waals surface area contributed by atoms with E-state index in [9.17, 15) is 18.0 Å². The van der Waals surface area contributed by atoms with E-state index in [1.165, 1.54) is 11.0 Å². The average Bonchev–Trinajstić information content (AvgIpc) is 3.10. The third kappa shape index (κ3) is 4.01. The first-order chi connectivity index (χ1) is 16.8. The molecule has 3 aromatic rings. The Morgan fingerprint density at radius 3 is 2.60 bits per heavy atom. The lowest BCUT2D eigenvalue weighted by Gasteiger charge is -2.18. The van der Waals surface area contributed by atoms with Gasteiger partial charge in [0.2, 0.25) is 0 Å². The zero-order chi connectivity index (χ0) is 24.3. The number of halogens is 3. The summed E-state index contributed by atoms with van der Waals surface area (Å²) in [6.07, 6.45) is 0.206. The van der Waals surface area contributed by atoms with Crippen molar-refractivity contribution < 1.29 is 18.0 Å². The van der Waals surface area contributed by atoms with Gasteiger partial charge in [-0.1, -0.05) is 12.1 Å². The van der Waals surface area contributed by atoms with E-state index < -0.39 is 11.7 Å². The molecule has 1 saturated carbocycles. The highest BCUT2D eigenvalue weighted by atomic mass is 19.4. The maximum Gasteiger partial charge on any atom is 0.416 e. The van der Waals surface area contributed by atoms with Crippen molar-refractivity contribution in [1.29, 1.82) is 0 Å². The number of benzene rings is 2. The molecule has 3 heterocycles. The number of alkyl halides is 3. The highest BCUT2D eigenvalue weighted by Crippen LogP contribution is 2.54. The number of aromatic nitrogens is 3. The fourth-order valence-electron chi connectivity index (χ4n) is 5.62. The number of fused-ring (bicyclic) bond motifs is 1. The molecule has 6 rings (SSSR count). The quantitative estimate of drug-likeness (QED) is 0.522. The number of hydrogen-bond acceptors (Lipinski definition) is 4. The first-order valence-electron chi connectivity index (χ1n) is 12.0. The van der Waals surface area contributed by atoms with Crippen LogP contribution in [-0.2, 0) is 26.3 Å². The maximum atomic E-state index is 14.0. The van der Waals surface area contributed by atoms with Gasteiger partial charge in [0, 0.05) is 30.8 Å². The van der Waals surface area contributed by atoms with E-state index in [0.29, 0.717) is 17.8 Å². The fraction of sp³-hybridized carbons (Fsp3) is 0.423. The van der Waals surface area contributed by atoms with Gasteiger partial charge in [0.1, 0.15) is 12.2 Å². The summed E-state index contributed by atoms with van der Waals surface area (Å²) in [7, 11) is 1.91. The smallest absolute Gasteiger partial charge is 0.320 e. The van der Waals surface area contributed by atoms with Crippen LogP contribution in [-0.4, -0.2) is 38.7 Å². The van der Waals surface area contributed by atoms with Crippen LogP contribution in [0.1, 0.15) is 69.5 Å². The Morgan fingerprint density at radius 2 is 1.89 bits per heavy atom. The van der Waals surface area contributed by atoms with Gasteiger partial charge in [0.05, 0.1) is 12.1 Å². The molecular formula is C26H26F3N5O. The van der Waals surface area contributed by atoms with Crippen molar-refractivity contribution >= 4 is 11.6 Å². The number of aryl methyl sites for hydroxylation is 1. The SMILES string of the molecule is Cn1cnnc1C1CC1c1cccc(N2Cc3c(cc(CN4CCCC4)cc3C(F)(F)F)C2=O)c1. The highest BCUT2D eigenvalue weighted by Gasteiger charge is 2.44. The van der Waals surface area contributed by atoms with Crippen LogP contribution in [0.15, 0.2) is 42.7 Å². The Kier molecular flexibility index (Phi) is 5.21. The second-order valence-electron chi connectivity index (χ2n) is 9.89. The van der Waals surface area contributed by atoms with E-state index >= 15 is 0 Å². The second kappa shape index (κ2) is 8.19.